The third kappa shape index (κ3) is 2.06. The van der Waals surface area contributed by atoms with Crippen LogP contribution in [-0.2, 0) is 5.60 Å². The Morgan fingerprint density at radius 3 is 2.44 bits per heavy atom. The molecule has 2 aromatic rings. The van der Waals surface area contributed by atoms with Gasteiger partial charge in [0.25, 0.3) is 0 Å². The van der Waals surface area contributed by atoms with Crippen LogP contribution >= 0.6 is 11.6 Å². The van der Waals surface area contributed by atoms with Crippen molar-refractivity contribution >= 4 is 17.3 Å². The molecule has 0 aliphatic heterocycles. The summed E-state index contributed by atoms with van der Waals surface area (Å²) in [6.45, 7) is 0. The van der Waals surface area contributed by atoms with Crippen LogP contribution in [-0.4, -0.2) is 5.11 Å². The molecule has 0 fully saturated rings. The van der Waals surface area contributed by atoms with Gasteiger partial charge in [0.2, 0.25) is 0 Å². The maximum Gasteiger partial charge on any atom is 0.178 e. The van der Waals surface area contributed by atoms with E-state index in [2.05, 4.69) is 5.92 Å². The van der Waals surface area contributed by atoms with Gasteiger partial charge in [-0.25, -0.2) is 0 Å². The summed E-state index contributed by atoms with van der Waals surface area (Å²) in [6, 6.07) is 13.8. The van der Waals surface area contributed by atoms with Crippen LogP contribution in [0.3, 0.4) is 0 Å². The highest BCUT2D eigenvalue weighted by Gasteiger charge is 2.31. The van der Waals surface area contributed by atoms with E-state index >= 15 is 0 Å². The number of nitrogens with two attached hydrogens (primary N) is 1. The first-order chi connectivity index (χ1) is 8.58. The van der Waals surface area contributed by atoms with Crippen molar-refractivity contribution in [3.05, 3.63) is 64.7 Å². The highest BCUT2D eigenvalue weighted by atomic mass is 35.5. The van der Waals surface area contributed by atoms with E-state index in [4.69, 9.17) is 23.8 Å². The van der Waals surface area contributed by atoms with Gasteiger partial charge in [-0.15, -0.1) is 6.42 Å². The fraction of sp³-hybridized carbons (Fsp3) is 0.0667. The molecule has 0 saturated carbocycles. The van der Waals surface area contributed by atoms with Gasteiger partial charge in [-0.3, -0.25) is 0 Å². The van der Waals surface area contributed by atoms with Gasteiger partial charge in [0.15, 0.2) is 5.60 Å². The number of benzene rings is 2. The SMILES string of the molecule is C#CC(O)(c1ccccc1)c1cc(Cl)ccc1N. The minimum Gasteiger partial charge on any atom is -0.398 e. The lowest BCUT2D eigenvalue weighted by Gasteiger charge is -2.25. The molecule has 1 atom stereocenters. The normalized spacial score (nSPS) is 13.6. The smallest absolute Gasteiger partial charge is 0.178 e. The topological polar surface area (TPSA) is 46.2 Å². The lowest BCUT2D eigenvalue weighted by molar-refractivity contribution is 0.146. The largest absolute Gasteiger partial charge is 0.398 e. The zero-order valence-corrected chi connectivity index (χ0v) is 10.4. The average Bonchev–Trinajstić information content (AvgIpc) is 2.41. The molecule has 3 heteroatoms. The van der Waals surface area contributed by atoms with Gasteiger partial charge < -0.3 is 10.8 Å². The van der Waals surface area contributed by atoms with Gasteiger partial charge in [-0.1, -0.05) is 47.9 Å². The summed E-state index contributed by atoms with van der Waals surface area (Å²) in [4.78, 5) is 0. The molecule has 0 bridgehead atoms. The zero-order valence-electron chi connectivity index (χ0n) is 9.60. The molecule has 0 spiro atoms. The monoisotopic (exact) mass is 257 g/mol. The number of terminal acetylenes is 1. The molecule has 3 N–H and O–H groups in total. The number of hydrogen-bond acceptors (Lipinski definition) is 2. The maximum absolute atomic E-state index is 10.7. The van der Waals surface area contributed by atoms with Gasteiger partial charge in [0, 0.05) is 21.8 Å². The van der Waals surface area contributed by atoms with Crippen LogP contribution in [0.4, 0.5) is 5.69 Å². The van der Waals surface area contributed by atoms with E-state index in [1.165, 1.54) is 0 Å². The summed E-state index contributed by atoms with van der Waals surface area (Å²) >= 11 is 5.93. The first-order valence-electron chi connectivity index (χ1n) is 5.39. The predicted molar refractivity (Wildman–Crippen MR) is 74.1 cm³/mol. The van der Waals surface area contributed by atoms with Gasteiger partial charge in [-0.2, -0.15) is 0 Å². The summed E-state index contributed by atoms with van der Waals surface area (Å²) in [6.07, 6.45) is 5.49. The first kappa shape index (κ1) is 12.5. The number of rotatable bonds is 2. The van der Waals surface area contributed by atoms with E-state index in [1.54, 1.807) is 42.5 Å². The third-order valence-corrected chi connectivity index (χ3v) is 3.04. The molecule has 90 valence electrons. The average molecular weight is 258 g/mol. The van der Waals surface area contributed by atoms with Gasteiger partial charge in [0.05, 0.1) is 0 Å². The molecule has 0 heterocycles. The summed E-state index contributed by atoms with van der Waals surface area (Å²) < 4.78 is 0. The van der Waals surface area contributed by atoms with Crippen molar-refractivity contribution in [3.8, 4) is 12.3 Å². The Hall–Kier alpha value is -1.95. The molecule has 1 unspecified atom stereocenters. The molecule has 2 aromatic carbocycles. The third-order valence-electron chi connectivity index (χ3n) is 2.81. The van der Waals surface area contributed by atoms with E-state index in [0.29, 0.717) is 21.8 Å². The van der Waals surface area contributed by atoms with Crippen molar-refractivity contribution in [2.75, 3.05) is 5.73 Å². The minimum absolute atomic E-state index is 0.406. The van der Waals surface area contributed by atoms with Crippen LogP contribution in [0.25, 0.3) is 0 Å². The van der Waals surface area contributed by atoms with E-state index in [1.807, 2.05) is 6.07 Å². The zero-order chi connectivity index (χ0) is 13.2. The van der Waals surface area contributed by atoms with E-state index in [9.17, 15) is 5.11 Å². The molecule has 2 rings (SSSR count). The fourth-order valence-corrected chi connectivity index (χ4v) is 2.01. The van der Waals surface area contributed by atoms with E-state index < -0.39 is 5.60 Å². The molecule has 0 saturated heterocycles. The predicted octanol–water partition coefficient (Wildman–Crippen LogP) is 2.79. The van der Waals surface area contributed by atoms with Crippen LogP contribution in [0.2, 0.25) is 5.02 Å². The maximum atomic E-state index is 10.7. The van der Waals surface area contributed by atoms with Crippen molar-refractivity contribution in [1.29, 1.82) is 0 Å². The molecule has 0 aliphatic rings. The summed E-state index contributed by atoms with van der Waals surface area (Å²) in [7, 11) is 0. The van der Waals surface area contributed by atoms with Crippen LogP contribution < -0.4 is 5.73 Å². The Bertz CT molecular complexity index is 604. The minimum atomic E-state index is -1.57. The summed E-state index contributed by atoms with van der Waals surface area (Å²) in [5.74, 6) is 2.40. The first-order valence-corrected chi connectivity index (χ1v) is 5.77. The van der Waals surface area contributed by atoms with Gasteiger partial charge in [-0.05, 0) is 18.2 Å². The molecule has 18 heavy (non-hydrogen) atoms. The van der Waals surface area contributed by atoms with Crippen molar-refractivity contribution in [3.63, 3.8) is 0 Å². The Kier molecular flexibility index (Phi) is 3.29. The van der Waals surface area contributed by atoms with E-state index in [-0.39, 0.29) is 0 Å². The van der Waals surface area contributed by atoms with Crippen molar-refractivity contribution in [2.24, 2.45) is 0 Å². The Morgan fingerprint density at radius 2 is 1.83 bits per heavy atom. The van der Waals surface area contributed by atoms with Crippen LogP contribution in [0.15, 0.2) is 48.5 Å². The molecule has 0 amide bonds. The second kappa shape index (κ2) is 4.73. The quantitative estimate of drug-likeness (QED) is 0.642. The number of aliphatic hydroxyl groups is 1. The highest BCUT2D eigenvalue weighted by Crippen LogP contribution is 2.34. The Morgan fingerprint density at radius 1 is 1.17 bits per heavy atom. The second-order valence-electron chi connectivity index (χ2n) is 3.95. The van der Waals surface area contributed by atoms with Crippen molar-refractivity contribution < 1.29 is 5.11 Å². The Balaban J connectivity index is 2.65. The highest BCUT2D eigenvalue weighted by molar-refractivity contribution is 6.30. The van der Waals surface area contributed by atoms with Gasteiger partial charge >= 0.3 is 0 Å². The fourth-order valence-electron chi connectivity index (χ4n) is 1.84. The lowest BCUT2D eigenvalue weighted by Crippen LogP contribution is -2.26. The Labute approximate surface area is 111 Å². The van der Waals surface area contributed by atoms with Crippen LogP contribution in [0.5, 0.6) is 0 Å². The molecular formula is C15H12ClNO. The van der Waals surface area contributed by atoms with Crippen LogP contribution in [0.1, 0.15) is 11.1 Å². The standard InChI is InChI=1S/C15H12ClNO/c1-2-15(18,11-6-4-3-5-7-11)13-10-12(16)8-9-14(13)17/h1,3-10,18H,17H2. The van der Waals surface area contributed by atoms with E-state index in [0.717, 1.165) is 0 Å². The molecular weight excluding hydrogens is 246 g/mol. The molecule has 0 aliphatic carbocycles. The lowest BCUT2D eigenvalue weighted by atomic mass is 9.86. The van der Waals surface area contributed by atoms with Crippen LogP contribution in [0, 0.1) is 12.3 Å². The summed E-state index contributed by atoms with van der Waals surface area (Å²) in [5, 5.41) is 11.2. The number of anilines is 1. The van der Waals surface area contributed by atoms with Crippen molar-refractivity contribution in [1.82, 2.24) is 0 Å². The van der Waals surface area contributed by atoms with Gasteiger partial charge in [0.1, 0.15) is 0 Å². The second-order valence-corrected chi connectivity index (χ2v) is 4.39. The molecule has 2 nitrogen and oxygen atoms in total. The van der Waals surface area contributed by atoms with Crippen molar-refractivity contribution in [2.45, 2.75) is 5.60 Å². The number of nitrogen functional groups attached to an aromatic ring is 1. The molecule has 0 radical (unpaired) electrons. The summed E-state index contributed by atoms with van der Waals surface area (Å²) in [5.41, 5.74) is 5.71. The molecule has 0 aromatic heterocycles. The number of hydrogen-bond donors (Lipinski definition) is 2. The number of halogens is 1.